The lowest BCUT2D eigenvalue weighted by molar-refractivity contribution is 0.166. The van der Waals surface area contributed by atoms with Crippen LogP contribution < -0.4 is 5.32 Å². The fourth-order valence-corrected chi connectivity index (χ4v) is 2.22. The van der Waals surface area contributed by atoms with Crippen LogP contribution in [0.1, 0.15) is 26.3 Å². The van der Waals surface area contributed by atoms with Crippen molar-refractivity contribution >= 4 is 11.8 Å². The average Bonchev–Trinajstić information content (AvgIpc) is 2.28. The van der Waals surface area contributed by atoms with Crippen LogP contribution in [0.15, 0.2) is 29.2 Å². The molecule has 0 saturated heterocycles. The summed E-state index contributed by atoms with van der Waals surface area (Å²) in [4.78, 5) is 1.24. The molecule has 0 saturated carbocycles. The molecule has 1 unspecified atom stereocenters. The normalized spacial score (nSPS) is 15.1. The second-order valence-electron chi connectivity index (χ2n) is 4.52. The third kappa shape index (κ3) is 3.24. The predicted octanol–water partition coefficient (Wildman–Crippen LogP) is 2.61. The molecular formula is C13H21NOS. The van der Waals surface area contributed by atoms with Crippen LogP contribution in [-0.2, 0) is 5.54 Å². The highest BCUT2D eigenvalue weighted by Crippen LogP contribution is 2.23. The molecule has 0 amide bonds. The third-order valence-electron chi connectivity index (χ3n) is 2.65. The van der Waals surface area contributed by atoms with Crippen molar-refractivity contribution < 1.29 is 5.11 Å². The number of benzene rings is 1. The largest absolute Gasteiger partial charge is 0.394 e. The molecule has 0 aliphatic carbocycles. The van der Waals surface area contributed by atoms with Gasteiger partial charge in [0.2, 0.25) is 0 Å². The Kier molecular flexibility index (Phi) is 4.84. The zero-order chi connectivity index (χ0) is 12.2. The number of hydrogen-bond acceptors (Lipinski definition) is 3. The Bertz CT molecular complexity index is 323. The van der Waals surface area contributed by atoms with Crippen molar-refractivity contribution in [1.29, 1.82) is 0 Å². The Balaban J connectivity index is 2.93. The minimum absolute atomic E-state index is 0.101. The first-order valence-corrected chi connectivity index (χ1v) is 6.77. The van der Waals surface area contributed by atoms with Crippen molar-refractivity contribution in [2.45, 2.75) is 37.2 Å². The van der Waals surface area contributed by atoms with Gasteiger partial charge in [0.25, 0.3) is 0 Å². The van der Waals surface area contributed by atoms with Gasteiger partial charge in [0.15, 0.2) is 0 Å². The van der Waals surface area contributed by atoms with Gasteiger partial charge in [-0.3, -0.25) is 0 Å². The molecule has 0 aliphatic rings. The fourth-order valence-electron chi connectivity index (χ4n) is 1.82. The summed E-state index contributed by atoms with van der Waals surface area (Å²) in [6, 6.07) is 8.69. The summed E-state index contributed by atoms with van der Waals surface area (Å²) >= 11 is 1.73. The van der Waals surface area contributed by atoms with E-state index in [4.69, 9.17) is 0 Å². The van der Waals surface area contributed by atoms with Gasteiger partial charge in [0.05, 0.1) is 12.1 Å². The Hall–Kier alpha value is -0.510. The van der Waals surface area contributed by atoms with Gasteiger partial charge in [-0.15, -0.1) is 11.8 Å². The standard InChI is InChI=1S/C13H21NOS/c1-10(2)14-13(3,9-15)11-5-7-12(16-4)8-6-11/h5-8,10,14-15H,9H2,1-4H3. The predicted molar refractivity (Wildman–Crippen MR) is 70.9 cm³/mol. The molecular weight excluding hydrogens is 218 g/mol. The molecule has 0 radical (unpaired) electrons. The monoisotopic (exact) mass is 239 g/mol. The fraction of sp³-hybridized carbons (Fsp3) is 0.538. The number of hydrogen-bond donors (Lipinski definition) is 2. The van der Waals surface area contributed by atoms with E-state index in [1.54, 1.807) is 11.8 Å². The Morgan fingerprint density at radius 2 is 1.88 bits per heavy atom. The van der Waals surface area contributed by atoms with E-state index in [0.29, 0.717) is 6.04 Å². The summed E-state index contributed by atoms with van der Waals surface area (Å²) in [7, 11) is 0. The van der Waals surface area contributed by atoms with Crippen LogP contribution in [0.2, 0.25) is 0 Å². The van der Waals surface area contributed by atoms with Crippen LogP contribution in [0.4, 0.5) is 0 Å². The Morgan fingerprint density at radius 1 is 1.31 bits per heavy atom. The maximum Gasteiger partial charge on any atom is 0.0652 e. The minimum Gasteiger partial charge on any atom is -0.394 e. The first kappa shape index (κ1) is 13.6. The van der Waals surface area contributed by atoms with E-state index in [9.17, 15) is 5.11 Å². The van der Waals surface area contributed by atoms with Crippen LogP contribution in [0.5, 0.6) is 0 Å². The Morgan fingerprint density at radius 3 is 2.25 bits per heavy atom. The molecule has 0 heterocycles. The second-order valence-corrected chi connectivity index (χ2v) is 5.40. The van der Waals surface area contributed by atoms with Gasteiger partial charge in [-0.05, 0) is 44.7 Å². The SMILES string of the molecule is CSc1ccc(C(C)(CO)NC(C)C)cc1. The molecule has 16 heavy (non-hydrogen) atoms. The van der Waals surface area contributed by atoms with Gasteiger partial charge in [0.1, 0.15) is 0 Å². The second kappa shape index (κ2) is 5.71. The van der Waals surface area contributed by atoms with E-state index in [1.807, 2.05) is 6.92 Å². The van der Waals surface area contributed by atoms with Gasteiger partial charge >= 0.3 is 0 Å². The zero-order valence-electron chi connectivity index (χ0n) is 10.4. The van der Waals surface area contributed by atoms with E-state index < -0.39 is 0 Å². The van der Waals surface area contributed by atoms with E-state index in [2.05, 4.69) is 49.7 Å². The lowest BCUT2D eigenvalue weighted by atomic mass is 9.92. The number of rotatable bonds is 5. The van der Waals surface area contributed by atoms with E-state index in [-0.39, 0.29) is 12.1 Å². The molecule has 1 aromatic rings. The Labute approximate surface area is 102 Å². The summed E-state index contributed by atoms with van der Waals surface area (Å²) in [5, 5.41) is 12.9. The summed E-state index contributed by atoms with van der Waals surface area (Å²) < 4.78 is 0. The summed E-state index contributed by atoms with van der Waals surface area (Å²) in [6.45, 7) is 6.30. The van der Waals surface area contributed by atoms with Crippen LogP contribution in [0.3, 0.4) is 0 Å². The molecule has 2 N–H and O–H groups in total. The quantitative estimate of drug-likeness (QED) is 0.775. The molecule has 0 spiro atoms. The molecule has 2 nitrogen and oxygen atoms in total. The van der Waals surface area contributed by atoms with Gasteiger partial charge < -0.3 is 10.4 Å². The van der Waals surface area contributed by atoms with Crippen molar-refractivity contribution in [3.05, 3.63) is 29.8 Å². The molecule has 1 atom stereocenters. The van der Waals surface area contributed by atoms with Gasteiger partial charge in [-0.2, -0.15) is 0 Å². The molecule has 0 aliphatic heterocycles. The third-order valence-corrected chi connectivity index (χ3v) is 3.39. The first-order valence-electron chi connectivity index (χ1n) is 5.55. The van der Waals surface area contributed by atoms with Crippen molar-refractivity contribution in [1.82, 2.24) is 5.32 Å². The maximum absolute atomic E-state index is 9.55. The van der Waals surface area contributed by atoms with Gasteiger partial charge in [0, 0.05) is 10.9 Å². The van der Waals surface area contributed by atoms with Crippen LogP contribution >= 0.6 is 11.8 Å². The smallest absolute Gasteiger partial charge is 0.0652 e. The van der Waals surface area contributed by atoms with E-state index >= 15 is 0 Å². The lowest BCUT2D eigenvalue weighted by Gasteiger charge is -2.31. The zero-order valence-corrected chi connectivity index (χ0v) is 11.3. The van der Waals surface area contributed by atoms with Crippen LogP contribution in [-0.4, -0.2) is 24.0 Å². The van der Waals surface area contributed by atoms with Crippen molar-refractivity contribution in [2.75, 3.05) is 12.9 Å². The molecule has 0 fully saturated rings. The summed E-state index contributed by atoms with van der Waals surface area (Å²) in [5.41, 5.74) is 0.770. The minimum atomic E-state index is -0.356. The maximum atomic E-state index is 9.55. The molecule has 0 aromatic heterocycles. The first-order chi connectivity index (χ1) is 7.51. The van der Waals surface area contributed by atoms with Crippen molar-refractivity contribution in [3.63, 3.8) is 0 Å². The van der Waals surface area contributed by atoms with Crippen LogP contribution in [0.25, 0.3) is 0 Å². The van der Waals surface area contributed by atoms with E-state index in [1.165, 1.54) is 4.90 Å². The lowest BCUT2D eigenvalue weighted by Crippen LogP contribution is -2.46. The molecule has 1 rings (SSSR count). The number of nitrogens with one attached hydrogen (secondary N) is 1. The average molecular weight is 239 g/mol. The molecule has 90 valence electrons. The topological polar surface area (TPSA) is 32.3 Å². The van der Waals surface area contributed by atoms with Crippen molar-refractivity contribution in [2.24, 2.45) is 0 Å². The highest BCUT2D eigenvalue weighted by Gasteiger charge is 2.25. The van der Waals surface area contributed by atoms with Crippen molar-refractivity contribution in [3.8, 4) is 0 Å². The number of aliphatic hydroxyl groups excluding tert-OH is 1. The molecule has 3 heteroatoms. The number of thioether (sulfide) groups is 1. The highest BCUT2D eigenvalue weighted by atomic mass is 32.2. The van der Waals surface area contributed by atoms with Gasteiger partial charge in [-0.25, -0.2) is 0 Å². The molecule has 0 bridgehead atoms. The highest BCUT2D eigenvalue weighted by molar-refractivity contribution is 7.98. The van der Waals surface area contributed by atoms with Crippen LogP contribution in [0, 0.1) is 0 Å². The molecule has 1 aromatic carbocycles. The summed E-state index contributed by atoms with van der Waals surface area (Å²) in [5.74, 6) is 0. The summed E-state index contributed by atoms with van der Waals surface area (Å²) in [6.07, 6.45) is 2.06. The number of aliphatic hydroxyl groups is 1. The van der Waals surface area contributed by atoms with Gasteiger partial charge in [-0.1, -0.05) is 12.1 Å². The van der Waals surface area contributed by atoms with E-state index in [0.717, 1.165) is 5.56 Å².